The van der Waals surface area contributed by atoms with Crippen molar-refractivity contribution in [2.75, 3.05) is 0 Å². The summed E-state index contributed by atoms with van der Waals surface area (Å²) in [5.74, 6) is -0.0681. The Morgan fingerprint density at radius 3 is 2.68 bits per heavy atom. The van der Waals surface area contributed by atoms with E-state index < -0.39 is 0 Å². The smallest absolute Gasteiger partial charge is 0.268 e. The van der Waals surface area contributed by atoms with E-state index >= 15 is 0 Å². The van der Waals surface area contributed by atoms with E-state index in [1.165, 1.54) is 10.9 Å². The number of Topliss-reactive ketones (excluding diaryl/α,β-unsaturated/α-hetero) is 1. The van der Waals surface area contributed by atoms with Gasteiger partial charge in [0.2, 0.25) is 0 Å². The lowest BCUT2D eigenvalue weighted by atomic mass is 10.1. The minimum Gasteiger partial charge on any atom is -0.292 e. The van der Waals surface area contributed by atoms with Gasteiger partial charge >= 0.3 is 0 Å². The zero-order valence-electron chi connectivity index (χ0n) is 10.9. The van der Waals surface area contributed by atoms with Crippen molar-refractivity contribution in [1.82, 2.24) is 9.55 Å². The molecule has 0 fully saturated rings. The van der Waals surface area contributed by atoms with Crippen LogP contribution in [0.1, 0.15) is 25.8 Å². The lowest BCUT2D eigenvalue weighted by Crippen LogP contribution is -2.26. The van der Waals surface area contributed by atoms with Gasteiger partial charge in [0.25, 0.3) is 5.56 Å². The Balaban J connectivity index is 2.32. The van der Waals surface area contributed by atoms with Gasteiger partial charge in [0, 0.05) is 15.3 Å². The van der Waals surface area contributed by atoms with Gasteiger partial charge in [-0.2, -0.15) is 0 Å². The summed E-state index contributed by atoms with van der Waals surface area (Å²) < 4.78 is 1.73. The lowest BCUT2D eigenvalue weighted by Gasteiger charge is -2.06. The fourth-order valence-electron chi connectivity index (χ4n) is 1.81. The van der Waals surface area contributed by atoms with E-state index in [2.05, 4.69) is 20.9 Å². The molecule has 0 radical (unpaired) electrons. The van der Waals surface area contributed by atoms with Crippen molar-refractivity contribution in [1.29, 1.82) is 0 Å². The average molecular weight is 341 g/mol. The van der Waals surface area contributed by atoms with Crippen LogP contribution in [-0.4, -0.2) is 15.3 Å². The Bertz CT molecular complexity index is 703. The largest absolute Gasteiger partial charge is 0.292 e. The van der Waals surface area contributed by atoms with E-state index in [0.29, 0.717) is 15.7 Å². The number of thiophene rings is 1. The van der Waals surface area contributed by atoms with Crippen LogP contribution in [0.15, 0.2) is 21.7 Å². The summed E-state index contributed by atoms with van der Waals surface area (Å²) >= 11 is 4.77. The Morgan fingerprint density at radius 1 is 1.42 bits per heavy atom. The average Bonchev–Trinajstić information content (AvgIpc) is 2.69. The van der Waals surface area contributed by atoms with Crippen molar-refractivity contribution in [2.45, 2.75) is 27.3 Å². The highest BCUT2D eigenvalue weighted by Crippen LogP contribution is 2.21. The number of carbonyl (C=O) groups excluding carboxylic acids is 1. The summed E-state index contributed by atoms with van der Waals surface area (Å²) in [5, 5.41) is 0. The molecule has 0 aliphatic rings. The summed E-state index contributed by atoms with van der Waals surface area (Å²) in [6.07, 6.45) is 1.41. The molecule has 0 saturated heterocycles. The number of halogens is 1. The topological polar surface area (TPSA) is 52.0 Å². The van der Waals surface area contributed by atoms with E-state index in [9.17, 15) is 9.59 Å². The molecule has 0 bridgehead atoms. The first kappa shape index (κ1) is 14.1. The number of hydrogen-bond acceptors (Lipinski definition) is 4. The molecule has 0 saturated carbocycles. The summed E-state index contributed by atoms with van der Waals surface area (Å²) in [4.78, 5) is 30.3. The number of nitrogens with zero attached hydrogens (tertiary/aromatic N) is 2. The van der Waals surface area contributed by atoms with Gasteiger partial charge in [0.15, 0.2) is 5.78 Å². The molecule has 2 aromatic heterocycles. The minimum absolute atomic E-state index is 0.0156. The van der Waals surface area contributed by atoms with Crippen molar-refractivity contribution in [2.24, 2.45) is 0 Å². The first-order valence-electron chi connectivity index (χ1n) is 5.72. The first-order valence-corrected chi connectivity index (χ1v) is 7.33. The van der Waals surface area contributed by atoms with E-state index in [0.717, 1.165) is 9.75 Å². The van der Waals surface area contributed by atoms with E-state index in [1.54, 1.807) is 18.3 Å². The predicted molar refractivity (Wildman–Crippen MR) is 79.1 cm³/mol. The number of aryl methyl sites for hydroxylation is 3. The summed E-state index contributed by atoms with van der Waals surface area (Å²) in [5.41, 5.74) is 1.08. The van der Waals surface area contributed by atoms with Gasteiger partial charge in [-0.25, -0.2) is 4.98 Å². The van der Waals surface area contributed by atoms with Gasteiger partial charge in [-0.3, -0.25) is 14.2 Å². The van der Waals surface area contributed by atoms with Crippen LogP contribution in [0.3, 0.4) is 0 Å². The molecule has 0 unspecified atom stereocenters. The summed E-state index contributed by atoms with van der Waals surface area (Å²) in [6.45, 7) is 5.63. The molecule has 0 atom stereocenters. The molecule has 0 spiro atoms. The maximum absolute atomic E-state index is 12.2. The van der Waals surface area contributed by atoms with Gasteiger partial charge in [0.1, 0.15) is 4.47 Å². The van der Waals surface area contributed by atoms with Crippen LogP contribution < -0.4 is 5.56 Å². The molecule has 0 aliphatic heterocycles. The maximum Gasteiger partial charge on any atom is 0.268 e. The van der Waals surface area contributed by atoms with Crippen LogP contribution >= 0.6 is 27.3 Å². The predicted octanol–water partition coefficient (Wildman–Crippen LogP) is 2.88. The van der Waals surface area contributed by atoms with Crippen molar-refractivity contribution in [3.63, 3.8) is 0 Å². The quantitative estimate of drug-likeness (QED) is 0.807. The maximum atomic E-state index is 12.2. The fourth-order valence-corrected chi connectivity index (χ4v) is 3.08. The molecular formula is C13H13BrN2O2S. The zero-order valence-corrected chi connectivity index (χ0v) is 13.3. The normalized spacial score (nSPS) is 10.7. The molecule has 19 heavy (non-hydrogen) atoms. The second-order valence-electron chi connectivity index (χ2n) is 4.33. The monoisotopic (exact) mass is 340 g/mol. The molecule has 0 aromatic carbocycles. The van der Waals surface area contributed by atoms with Gasteiger partial charge in [-0.15, -0.1) is 11.3 Å². The highest BCUT2D eigenvalue weighted by molar-refractivity contribution is 9.10. The van der Waals surface area contributed by atoms with Crippen LogP contribution in [0.2, 0.25) is 0 Å². The van der Waals surface area contributed by atoms with Crippen molar-refractivity contribution >= 4 is 33.0 Å². The Morgan fingerprint density at radius 2 is 2.11 bits per heavy atom. The molecule has 100 valence electrons. The van der Waals surface area contributed by atoms with Crippen LogP contribution in [0, 0.1) is 20.8 Å². The van der Waals surface area contributed by atoms with E-state index in [4.69, 9.17) is 0 Å². The van der Waals surface area contributed by atoms with Crippen molar-refractivity contribution in [3.05, 3.63) is 48.2 Å². The van der Waals surface area contributed by atoms with Crippen LogP contribution in [0.25, 0.3) is 0 Å². The number of aromatic nitrogens is 2. The molecule has 0 amide bonds. The van der Waals surface area contributed by atoms with Gasteiger partial charge in [-0.05, 0) is 42.8 Å². The zero-order chi connectivity index (χ0) is 14.2. The second-order valence-corrected chi connectivity index (χ2v) is 6.58. The summed E-state index contributed by atoms with van der Waals surface area (Å²) in [6, 6.07) is 1.87. The molecule has 0 aliphatic carbocycles. The van der Waals surface area contributed by atoms with Crippen molar-refractivity contribution < 1.29 is 4.79 Å². The first-order chi connectivity index (χ1) is 8.90. The molecule has 2 heterocycles. The molecule has 2 rings (SSSR count). The minimum atomic E-state index is -0.231. The third-order valence-electron chi connectivity index (χ3n) is 2.81. The number of carbonyl (C=O) groups is 1. The van der Waals surface area contributed by atoms with Gasteiger partial charge < -0.3 is 0 Å². The van der Waals surface area contributed by atoms with Crippen LogP contribution in [-0.2, 0) is 6.54 Å². The number of hydrogen-bond donors (Lipinski definition) is 0. The summed E-state index contributed by atoms with van der Waals surface area (Å²) in [7, 11) is 0. The van der Waals surface area contributed by atoms with E-state index in [-0.39, 0.29) is 17.9 Å². The van der Waals surface area contributed by atoms with Crippen LogP contribution in [0.5, 0.6) is 0 Å². The third-order valence-corrected chi connectivity index (χ3v) is 4.69. The number of rotatable bonds is 3. The highest BCUT2D eigenvalue weighted by atomic mass is 79.9. The van der Waals surface area contributed by atoms with Gasteiger partial charge in [-0.1, -0.05) is 0 Å². The molecule has 2 aromatic rings. The molecular weight excluding hydrogens is 328 g/mol. The Labute approximate surface area is 123 Å². The highest BCUT2D eigenvalue weighted by Gasteiger charge is 2.14. The standard InChI is InChI=1S/C13H13BrN2O2S/c1-7-4-10(9(3)19-7)11(17)5-16-6-15-8(2)12(14)13(16)18/h4,6H,5H2,1-3H3. The number of ketones is 1. The lowest BCUT2D eigenvalue weighted by molar-refractivity contribution is 0.0970. The second kappa shape index (κ2) is 5.38. The fraction of sp³-hybridized carbons (Fsp3) is 0.308. The molecule has 6 heteroatoms. The third kappa shape index (κ3) is 2.84. The van der Waals surface area contributed by atoms with Crippen LogP contribution in [0.4, 0.5) is 0 Å². The SMILES string of the molecule is Cc1cc(C(=O)Cn2cnc(C)c(Br)c2=O)c(C)s1. The molecule has 0 N–H and O–H groups in total. The Kier molecular flexibility index (Phi) is 4.01. The van der Waals surface area contributed by atoms with E-state index in [1.807, 2.05) is 19.9 Å². The Hall–Kier alpha value is -1.27. The van der Waals surface area contributed by atoms with Crippen molar-refractivity contribution in [3.8, 4) is 0 Å². The molecule has 4 nitrogen and oxygen atoms in total. The van der Waals surface area contributed by atoms with Gasteiger partial charge in [0.05, 0.1) is 18.6 Å².